The van der Waals surface area contributed by atoms with E-state index in [0.717, 1.165) is 36.2 Å². The molecule has 0 aromatic rings. The minimum absolute atomic E-state index is 0.148. The molecule has 0 fully saturated rings. The summed E-state index contributed by atoms with van der Waals surface area (Å²) < 4.78 is 12.0. The largest absolute Gasteiger partial charge is 0.466 e. The third-order valence-electron chi connectivity index (χ3n) is 4.10. The van der Waals surface area contributed by atoms with Crippen molar-refractivity contribution in [2.75, 3.05) is 11.0 Å². The summed E-state index contributed by atoms with van der Waals surface area (Å²) in [6.07, 6.45) is 4.04. The Hall–Kier alpha value is -0.113. The molecule has 154 valence electrons. The lowest BCUT2D eigenvalue weighted by molar-refractivity contribution is -0.162. The van der Waals surface area contributed by atoms with Crippen molar-refractivity contribution in [2.45, 2.75) is 91.1 Å². The van der Waals surface area contributed by atoms with Gasteiger partial charge in [-0.15, -0.1) is 0 Å². The van der Waals surface area contributed by atoms with Gasteiger partial charge in [0, 0.05) is 12.5 Å². The van der Waals surface area contributed by atoms with Crippen LogP contribution < -0.4 is 0 Å². The molecule has 0 aromatic heterocycles. The maximum atomic E-state index is 12.6. The standard InChI is InChI=1S/C20H39IO4Si/c1-8-9-10-16(19(23)25-20(2,3)4)15-17(11-12-21)18(22)24-13-14-26(5,6)7/h16-17H,8-15H2,1-7H3/t16-,17+/m1/s1. The zero-order chi connectivity index (χ0) is 20.4. The second kappa shape index (κ2) is 12.4. The van der Waals surface area contributed by atoms with Crippen LogP contribution in [0.15, 0.2) is 0 Å². The molecular formula is C20H39IO4Si. The van der Waals surface area contributed by atoms with Crippen LogP contribution in [0.3, 0.4) is 0 Å². The first kappa shape index (κ1) is 25.9. The van der Waals surface area contributed by atoms with E-state index in [0.29, 0.717) is 13.0 Å². The highest BCUT2D eigenvalue weighted by molar-refractivity contribution is 14.1. The summed E-state index contributed by atoms with van der Waals surface area (Å²) in [4.78, 5) is 25.2. The zero-order valence-corrected chi connectivity index (χ0v) is 21.0. The van der Waals surface area contributed by atoms with Crippen molar-refractivity contribution in [3.8, 4) is 0 Å². The van der Waals surface area contributed by atoms with Gasteiger partial charge in [0.15, 0.2) is 0 Å². The number of hydrogen-bond donors (Lipinski definition) is 0. The number of unbranched alkanes of at least 4 members (excludes halogenated alkanes) is 1. The fourth-order valence-corrected chi connectivity index (χ4v) is 4.02. The van der Waals surface area contributed by atoms with Crippen LogP contribution in [0.2, 0.25) is 25.7 Å². The van der Waals surface area contributed by atoms with E-state index in [-0.39, 0.29) is 23.8 Å². The fraction of sp³-hybridized carbons (Fsp3) is 0.900. The van der Waals surface area contributed by atoms with Gasteiger partial charge in [0.1, 0.15) is 5.60 Å². The van der Waals surface area contributed by atoms with Crippen molar-refractivity contribution in [1.82, 2.24) is 0 Å². The Kier molecular flexibility index (Phi) is 12.3. The molecule has 0 N–H and O–H groups in total. The van der Waals surface area contributed by atoms with Crippen molar-refractivity contribution >= 4 is 42.6 Å². The van der Waals surface area contributed by atoms with Crippen LogP contribution in [0.4, 0.5) is 0 Å². The van der Waals surface area contributed by atoms with E-state index in [2.05, 4.69) is 49.2 Å². The first-order valence-corrected chi connectivity index (χ1v) is 15.1. The molecule has 4 nitrogen and oxygen atoms in total. The average molecular weight is 499 g/mol. The number of hydrogen-bond acceptors (Lipinski definition) is 4. The van der Waals surface area contributed by atoms with Gasteiger partial charge in [-0.3, -0.25) is 9.59 Å². The molecule has 2 atom stereocenters. The molecule has 0 saturated heterocycles. The van der Waals surface area contributed by atoms with Crippen molar-refractivity contribution in [2.24, 2.45) is 11.8 Å². The van der Waals surface area contributed by atoms with E-state index in [1.54, 1.807) is 0 Å². The fourth-order valence-electron chi connectivity index (χ4n) is 2.55. The molecule has 0 aliphatic carbocycles. The number of esters is 2. The second-order valence-corrected chi connectivity index (χ2v) is 16.0. The van der Waals surface area contributed by atoms with Gasteiger partial charge in [0.25, 0.3) is 0 Å². The van der Waals surface area contributed by atoms with Crippen LogP contribution >= 0.6 is 22.6 Å². The Balaban J connectivity index is 4.93. The maximum Gasteiger partial charge on any atom is 0.309 e. The highest BCUT2D eigenvalue weighted by atomic mass is 127. The third-order valence-corrected chi connectivity index (χ3v) is 6.43. The van der Waals surface area contributed by atoms with Crippen LogP contribution in [0.5, 0.6) is 0 Å². The molecule has 0 spiro atoms. The minimum Gasteiger partial charge on any atom is -0.466 e. The van der Waals surface area contributed by atoms with Crippen molar-refractivity contribution in [1.29, 1.82) is 0 Å². The van der Waals surface area contributed by atoms with Gasteiger partial charge in [-0.2, -0.15) is 0 Å². The van der Waals surface area contributed by atoms with E-state index in [1.807, 2.05) is 20.8 Å². The number of alkyl halides is 1. The highest BCUT2D eigenvalue weighted by Crippen LogP contribution is 2.26. The molecule has 6 heteroatoms. The Morgan fingerprint density at radius 2 is 1.62 bits per heavy atom. The van der Waals surface area contributed by atoms with Gasteiger partial charge >= 0.3 is 11.9 Å². The second-order valence-electron chi connectivity index (χ2n) is 9.26. The Morgan fingerprint density at radius 3 is 2.08 bits per heavy atom. The topological polar surface area (TPSA) is 52.6 Å². The molecule has 0 amide bonds. The van der Waals surface area contributed by atoms with E-state index in [9.17, 15) is 9.59 Å². The summed E-state index contributed by atoms with van der Waals surface area (Å²) >= 11 is 2.28. The van der Waals surface area contributed by atoms with Gasteiger partial charge in [-0.25, -0.2) is 0 Å². The molecule has 26 heavy (non-hydrogen) atoms. The van der Waals surface area contributed by atoms with Crippen molar-refractivity contribution < 1.29 is 19.1 Å². The normalized spacial score (nSPS) is 14.6. The van der Waals surface area contributed by atoms with Crippen molar-refractivity contribution in [3.05, 3.63) is 0 Å². The van der Waals surface area contributed by atoms with Crippen LogP contribution in [-0.2, 0) is 19.1 Å². The summed E-state index contributed by atoms with van der Waals surface area (Å²) in [6, 6.07) is 0.973. The molecule has 0 aliphatic heterocycles. The molecule has 0 saturated carbocycles. The molecule has 0 heterocycles. The molecule has 0 bridgehead atoms. The molecule has 0 unspecified atom stereocenters. The molecule has 0 radical (unpaired) electrons. The van der Waals surface area contributed by atoms with Crippen LogP contribution in [-0.4, -0.2) is 36.6 Å². The van der Waals surface area contributed by atoms with Crippen LogP contribution in [0, 0.1) is 11.8 Å². The highest BCUT2D eigenvalue weighted by Gasteiger charge is 2.31. The lowest BCUT2D eigenvalue weighted by Crippen LogP contribution is -2.32. The van der Waals surface area contributed by atoms with Gasteiger partial charge in [-0.05, 0) is 46.1 Å². The summed E-state index contributed by atoms with van der Waals surface area (Å²) in [5.41, 5.74) is -0.502. The van der Waals surface area contributed by atoms with Crippen LogP contribution in [0.1, 0.15) is 59.8 Å². The van der Waals surface area contributed by atoms with E-state index in [4.69, 9.17) is 9.47 Å². The van der Waals surface area contributed by atoms with Gasteiger partial charge in [0.2, 0.25) is 0 Å². The molecule has 0 aliphatic rings. The zero-order valence-electron chi connectivity index (χ0n) is 17.8. The van der Waals surface area contributed by atoms with E-state index in [1.165, 1.54) is 0 Å². The maximum absolute atomic E-state index is 12.6. The Morgan fingerprint density at radius 1 is 1.04 bits per heavy atom. The van der Waals surface area contributed by atoms with Gasteiger partial charge in [0.05, 0.1) is 18.4 Å². The number of halogens is 1. The SMILES string of the molecule is CCCC[C@H](C[C@H](CCI)C(=O)OCC[Si](C)(C)C)C(=O)OC(C)(C)C. The predicted molar refractivity (Wildman–Crippen MR) is 120 cm³/mol. The number of rotatable bonds is 12. The van der Waals surface area contributed by atoms with Gasteiger partial charge in [-0.1, -0.05) is 62.0 Å². The first-order chi connectivity index (χ1) is 11.9. The van der Waals surface area contributed by atoms with Crippen molar-refractivity contribution in [3.63, 3.8) is 0 Å². The predicted octanol–water partition coefficient (Wildman–Crippen LogP) is 5.85. The minimum atomic E-state index is -1.22. The van der Waals surface area contributed by atoms with E-state index < -0.39 is 13.7 Å². The molecular weight excluding hydrogens is 459 g/mol. The van der Waals surface area contributed by atoms with Crippen LogP contribution in [0.25, 0.3) is 0 Å². The first-order valence-electron chi connectivity index (χ1n) is 9.85. The smallest absolute Gasteiger partial charge is 0.309 e. The molecule has 0 rings (SSSR count). The average Bonchev–Trinajstić information content (AvgIpc) is 2.47. The molecule has 0 aromatic carbocycles. The summed E-state index contributed by atoms with van der Waals surface area (Å²) in [5.74, 6) is -0.779. The summed E-state index contributed by atoms with van der Waals surface area (Å²) in [5, 5.41) is 0. The summed E-state index contributed by atoms with van der Waals surface area (Å²) in [6.45, 7) is 15.1. The number of carbonyl (C=O) groups is 2. The van der Waals surface area contributed by atoms with E-state index >= 15 is 0 Å². The van der Waals surface area contributed by atoms with Gasteiger partial charge < -0.3 is 9.47 Å². The third kappa shape index (κ3) is 13.1. The lowest BCUT2D eigenvalue weighted by atomic mass is 9.89. The Labute approximate surface area is 175 Å². The monoisotopic (exact) mass is 498 g/mol. The summed E-state index contributed by atoms with van der Waals surface area (Å²) in [7, 11) is -1.22. The number of ether oxygens (including phenoxy) is 2. The Bertz CT molecular complexity index is 427. The lowest BCUT2D eigenvalue weighted by Gasteiger charge is -2.26. The number of carbonyl (C=O) groups excluding carboxylic acids is 2. The quantitative estimate of drug-likeness (QED) is 0.147.